The Bertz CT molecular complexity index is 726. The number of unbranched alkanes of at least 4 members (excludes halogenated alkanes) is 2. The van der Waals surface area contributed by atoms with Gasteiger partial charge in [0.15, 0.2) is 0 Å². The van der Waals surface area contributed by atoms with Crippen LogP contribution in [-0.4, -0.2) is 72.9 Å². The minimum absolute atomic E-state index is 0. The number of nitrogens with zero attached hydrogens (tertiary/aromatic N) is 2. The predicted octanol–water partition coefficient (Wildman–Crippen LogP) is 2.63. The molecule has 1 aromatic heterocycles. The maximum absolute atomic E-state index is 12.8. The van der Waals surface area contributed by atoms with Gasteiger partial charge in [0.2, 0.25) is 5.88 Å². The molecule has 2 heterocycles. The van der Waals surface area contributed by atoms with E-state index >= 15 is 0 Å². The van der Waals surface area contributed by atoms with Gasteiger partial charge >= 0.3 is 5.97 Å². The number of nitrogens with one attached hydrogen (secondary N) is 1. The van der Waals surface area contributed by atoms with E-state index in [2.05, 4.69) is 15.2 Å². The standard InChI is InChI=1S/C19H29ClN4O5.2ClH/c1-28-15-11-24(8-5-3-4-6-16(25)26)9-7-14(15)22-18(27)12-10-13(20)17(21)23-19(12)29-2;;/h10,14-15H,3-9,11H2,1-2H3,(H2,21,23)(H,22,27)(H,25,26);2*1H/t14-,15+;;/m1../s1. The maximum Gasteiger partial charge on any atom is 0.303 e. The molecule has 0 radical (unpaired) electrons. The average molecular weight is 502 g/mol. The lowest BCUT2D eigenvalue weighted by molar-refractivity contribution is -0.137. The van der Waals surface area contributed by atoms with Crippen molar-refractivity contribution in [2.24, 2.45) is 0 Å². The molecule has 4 N–H and O–H groups in total. The molecule has 1 saturated heterocycles. The number of piperidine rings is 1. The van der Waals surface area contributed by atoms with E-state index in [1.54, 1.807) is 7.11 Å². The molecule has 178 valence electrons. The summed E-state index contributed by atoms with van der Waals surface area (Å²) in [6.07, 6.45) is 3.30. The van der Waals surface area contributed by atoms with Gasteiger partial charge in [-0.05, 0) is 31.9 Å². The van der Waals surface area contributed by atoms with Crippen molar-refractivity contribution >= 4 is 54.1 Å². The largest absolute Gasteiger partial charge is 0.481 e. The third-order valence-corrected chi connectivity index (χ3v) is 5.34. The van der Waals surface area contributed by atoms with Crippen molar-refractivity contribution in [1.29, 1.82) is 0 Å². The first-order chi connectivity index (χ1) is 13.8. The van der Waals surface area contributed by atoms with E-state index in [1.165, 1.54) is 13.2 Å². The fourth-order valence-electron chi connectivity index (χ4n) is 3.43. The van der Waals surface area contributed by atoms with Gasteiger partial charge in [-0.25, -0.2) is 0 Å². The molecule has 0 aliphatic carbocycles. The van der Waals surface area contributed by atoms with Crippen molar-refractivity contribution < 1.29 is 24.2 Å². The summed E-state index contributed by atoms with van der Waals surface area (Å²) < 4.78 is 10.8. The smallest absolute Gasteiger partial charge is 0.303 e. The number of carboxylic acid groups (broad SMARTS) is 1. The minimum Gasteiger partial charge on any atom is -0.481 e. The minimum atomic E-state index is -0.754. The number of amides is 1. The number of aromatic nitrogens is 1. The van der Waals surface area contributed by atoms with Crippen molar-refractivity contribution in [2.45, 2.75) is 44.2 Å². The molecular formula is C19H31Cl3N4O5. The van der Waals surface area contributed by atoms with Crippen molar-refractivity contribution in [3.05, 3.63) is 16.7 Å². The van der Waals surface area contributed by atoms with Gasteiger partial charge in [-0.1, -0.05) is 18.0 Å². The van der Waals surface area contributed by atoms with Gasteiger partial charge in [0.05, 0.1) is 24.3 Å². The summed E-state index contributed by atoms with van der Waals surface area (Å²) >= 11 is 6.01. The van der Waals surface area contributed by atoms with Gasteiger partial charge in [-0.3, -0.25) is 9.59 Å². The third kappa shape index (κ3) is 8.86. The molecule has 1 fully saturated rings. The summed E-state index contributed by atoms with van der Waals surface area (Å²) in [6, 6.07) is 1.29. The van der Waals surface area contributed by atoms with E-state index in [4.69, 9.17) is 31.9 Å². The Kier molecular flexibility index (Phi) is 13.8. The number of carbonyl (C=O) groups excluding carboxylic acids is 1. The van der Waals surface area contributed by atoms with Crippen LogP contribution < -0.4 is 15.8 Å². The zero-order chi connectivity index (χ0) is 21.4. The van der Waals surface area contributed by atoms with Crippen LogP contribution in [0, 0.1) is 0 Å². The first-order valence-corrected chi connectivity index (χ1v) is 10.0. The first-order valence-electron chi connectivity index (χ1n) is 9.63. The van der Waals surface area contributed by atoms with Gasteiger partial charge in [0.1, 0.15) is 11.4 Å². The zero-order valence-electron chi connectivity index (χ0n) is 17.6. The molecule has 12 heteroatoms. The zero-order valence-corrected chi connectivity index (χ0v) is 20.0. The van der Waals surface area contributed by atoms with Crippen molar-refractivity contribution in [3.8, 4) is 5.88 Å². The Morgan fingerprint density at radius 2 is 2.03 bits per heavy atom. The Morgan fingerprint density at radius 3 is 2.65 bits per heavy atom. The Morgan fingerprint density at radius 1 is 1.32 bits per heavy atom. The van der Waals surface area contributed by atoms with Crippen LogP contribution in [0.15, 0.2) is 6.07 Å². The molecule has 0 saturated carbocycles. The second kappa shape index (κ2) is 14.5. The summed E-state index contributed by atoms with van der Waals surface area (Å²) in [4.78, 5) is 29.6. The topological polar surface area (TPSA) is 127 Å². The number of hydrogen-bond donors (Lipinski definition) is 3. The number of rotatable bonds is 10. The number of hydrogen-bond acceptors (Lipinski definition) is 7. The van der Waals surface area contributed by atoms with Gasteiger partial charge in [-0.15, -0.1) is 24.8 Å². The Labute approximate surface area is 199 Å². The van der Waals surface area contributed by atoms with Gasteiger partial charge < -0.3 is 30.5 Å². The summed E-state index contributed by atoms with van der Waals surface area (Å²) in [5.74, 6) is -0.871. The van der Waals surface area contributed by atoms with Crippen LogP contribution in [0.2, 0.25) is 5.02 Å². The number of carbonyl (C=O) groups is 2. The lowest BCUT2D eigenvalue weighted by atomic mass is 10.0. The number of ether oxygens (including phenoxy) is 2. The number of anilines is 1. The predicted molar refractivity (Wildman–Crippen MR) is 124 cm³/mol. The molecule has 1 aliphatic heterocycles. The van der Waals surface area contributed by atoms with Crippen LogP contribution in [0.25, 0.3) is 0 Å². The molecule has 9 nitrogen and oxygen atoms in total. The normalized spacial score (nSPS) is 18.4. The molecule has 0 unspecified atom stereocenters. The Balaban J connectivity index is 0.00000450. The number of carboxylic acids is 1. The molecule has 0 aromatic carbocycles. The van der Waals surface area contributed by atoms with Crippen LogP contribution in [-0.2, 0) is 9.53 Å². The molecule has 1 amide bonds. The van der Waals surface area contributed by atoms with E-state index in [9.17, 15) is 9.59 Å². The molecule has 2 atom stereocenters. The van der Waals surface area contributed by atoms with Crippen molar-refractivity contribution in [3.63, 3.8) is 0 Å². The van der Waals surface area contributed by atoms with Crippen LogP contribution in [0.5, 0.6) is 5.88 Å². The van der Waals surface area contributed by atoms with Crippen LogP contribution in [0.4, 0.5) is 5.82 Å². The Hall–Kier alpha value is -1.52. The molecule has 1 aromatic rings. The molecular weight excluding hydrogens is 471 g/mol. The van der Waals surface area contributed by atoms with Gasteiger partial charge in [0.25, 0.3) is 5.91 Å². The highest BCUT2D eigenvalue weighted by Gasteiger charge is 2.31. The first kappa shape index (κ1) is 29.5. The number of nitrogen functional groups attached to an aromatic ring is 1. The van der Waals surface area contributed by atoms with Gasteiger partial charge in [0, 0.05) is 26.6 Å². The van der Waals surface area contributed by atoms with Crippen molar-refractivity contribution in [2.75, 3.05) is 39.6 Å². The summed E-state index contributed by atoms with van der Waals surface area (Å²) in [6.45, 7) is 2.39. The summed E-state index contributed by atoms with van der Waals surface area (Å²) in [5, 5.41) is 11.9. The monoisotopic (exact) mass is 500 g/mol. The molecule has 1 aliphatic rings. The quantitative estimate of drug-likeness (QED) is 0.418. The van der Waals surface area contributed by atoms with Gasteiger partial charge in [-0.2, -0.15) is 4.98 Å². The fourth-order valence-corrected chi connectivity index (χ4v) is 3.58. The maximum atomic E-state index is 12.8. The highest BCUT2D eigenvalue weighted by Crippen LogP contribution is 2.25. The summed E-state index contributed by atoms with van der Waals surface area (Å²) in [5.41, 5.74) is 5.90. The molecule has 2 rings (SSSR count). The molecule has 0 spiro atoms. The lowest BCUT2D eigenvalue weighted by Crippen LogP contribution is -2.54. The van der Waals surface area contributed by atoms with E-state index in [0.29, 0.717) is 13.0 Å². The van der Waals surface area contributed by atoms with Crippen LogP contribution in [0.3, 0.4) is 0 Å². The number of aliphatic carboxylic acids is 1. The van der Waals surface area contributed by atoms with Crippen LogP contribution in [0.1, 0.15) is 42.5 Å². The number of nitrogens with two attached hydrogens (primary N) is 1. The SMILES string of the molecule is COc1nc(N)c(Cl)cc1C(=O)N[C@@H]1CCN(CCCCCC(=O)O)C[C@@H]1OC.Cl.Cl. The van der Waals surface area contributed by atoms with E-state index in [-0.39, 0.29) is 71.6 Å². The number of pyridine rings is 1. The highest BCUT2D eigenvalue weighted by molar-refractivity contribution is 6.33. The average Bonchev–Trinajstić information content (AvgIpc) is 2.69. The molecule has 31 heavy (non-hydrogen) atoms. The van der Waals surface area contributed by atoms with Crippen molar-refractivity contribution in [1.82, 2.24) is 15.2 Å². The summed E-state index contributed by atoms with van der Waals surface area (Å²) in [7, 11) is 3.04. The third-order valence-electron chi connectivity index (χ3n) is 5.03. The second-order valence-corrected chi connectivity index (χ2v) is 7.47. The number of halogens is 3. The number of likely N-dealkylation sites (tertiary alicyclic amines) is 1. The lowest BCUT2D eigenvalue weighted by Gasteiger charge is -2.38. The van der Waals surface area contributed by atoms with E-state index in [0.717, 1.165) is 32.4 Å². The van der Waals surface area contributed by atoms with E-state index < -0.39 is 5.97 Å². The second-order valence-electron chi connectivity index (χ2n) is 7.06. The van der Waals surface area contributed by atoms with Crippen LogP contribution >= 0.6 is 36.4 Å². The highest BCUT2D eigenvalue weighted by atomic mass is 35.5. The van der Waals surface area contributed by atoms with E-state index in [1.807, 2.05) is 0 Å². The fraction of sp³-hybridized carbons (Fsp3) is 0.632. The molecule has 0 bridgehead atoms. The number of methoxy groups -OCH3 is 2.